The van der Waals surface area contributed by atoms with Gasteiger partial charge in [-0.3, -0.25) is 4.79 Å². The quantitative estimate of drug-likeness (QED) is 0.826. The normalized spacial score (nSPS) is 12.5. The van der Waals surface area contributed by atoms with Crippen molar-refractivity contribution in [2.45, 2.75) is 33.6 Å². The molecule has 16 heavy (non-hydrogen) atoms. The van der Waals surface area contributed by atoms with Gasteiger partial charge in [-0.15, -0.1) is 0 Å². The first-order chi connectivity index (χ1) is 7.51. The largest absolute Gasteiger partial charge is 0.330 e. The Morgan fingerprint density at radius 3 is 2.31 bits per heavy atom. The first-order valence-corrected chi connectivity index (χ1v) is 5.80. The average molecular weight is 219 g/mol. The van der Waals surface area contributed by atoms with Gasteiger partial charge in [0.15, 0.2) is 0 Å². The maximum atomic E-state index is 11.7. The molecule has 1 unspecified atom stereocenters. The summed E-state index contributed by atoms with van der Waals surface area (Å²) in [4.78, 5) is 11.7. The van der Waals surface area contributed by atoms with Crippen LogP contribution >= 0.6 is 0 Å². The predicted octanol–water partition coefficient (Wildman–Crippen LogP) is 2.40. The van der Waals surface area contributed by atoms with Crippen LogP contribution in [0, 0.1) is 19.8 Å². The van der Waals surface area contributed by atoms with E-state index in [0.717, 1.165) is 5.56 Å². The zero-order valence-electron chi connectivity index (χ0n) is 10.4. The van der Waals surface area contributed by atoms with E-state index in [9.17, 15) is 4.79 Å². The van der Waals surface area contributed by atoms with Gasteiger partial charge < -0.3 is 5.73 Å². The third kappa shape index (κ3) is 4.15. The van der Waals surface area contributed by atoms with Crippen molar-refractivity contribution in [3.05, 3.63) is 34.9 Å². The molecule has 0 aliphatic carbocycles. The van der Waals surface area contributed by atoms with Crippen LogP contribution in [-0.2, 0) is 11.2 Å². The van der Waals surface area contributed by atoms with Crippen LogP contribution in [-0.4, -0.2) is 12.3 Å². The van der Waals surface area contributed by atoms with Crippen LogP contribution in [0.25, 0.3) is 0 Å². The molecule has 0 aromatic heterocycles. The summed E-state index contributed by atoms with van der Waals surface area (Å²) in [5, 5.41) is 0. The lowest BCUT2D eigenvalue weighted by molar-refractivity contribution is -0.119. The number of nitrogens with two attached hydrogens (primary N) is 1. The second kappa shape index (κ2) is 5.80. The lowest BCUT2D eigenvalue weighted by Crippen LogP contribution is -2.16. The molecule has 0 amide bonds. The molecule has 0 radical (unpaired) electrons. The summed E-state index contributed by atoms with van der Waals surface area (Å²) < 4.78 is 0. The van der Waals surface area contributed by atoms with Crippen LogP contribution < -0.4 is 5.73 Å². The van der Waals surface area contributed by atoms with E-state index in [2.05, 4.69) is 32.0 Å². The second-order valence-corrected chi connectivity index (χ2v) is 4.76. The van der Waals surface area contributed by atoms with E-state index in [4.69, 9.17) is 5.73 Å². The molecule has 0 aliphatic heterocycles. The van der Waals surface area contributed by atoms with Gasteiger partial charge in [-0.25, -0.2) is 0 Å². The Labute approximate surface area is 97.9 Å². The van der Waals surface area contributed by atoms with Gasteiger partial charge >= 0.3 is 0 Å². The summed E-state index contributed by atoms with van der Waals surface area (Å²) in [6.45, 7) is 6.71. The van der Waals surface area contributed by atoms with E-state index in [0.29, 0.717) is 25.3 Å². The van der Waals surface area contributed by atoms with E-state index >= 15 is 0 Å². The minimum absolute atomic E-state index is 0.281. The molecule has 0 spiro atoms. The molecule has 2 heteroatoms. The van der Waals surface area contributed by atoms with Gasteiger partial charge in [0, 0.05) is 12.8 Å². The summed E-state index contributed by atoms with van der Waals surface area (Å²) in [5.74, 6) is 0.571. The monoisotopic (exact) mass is 219 g/mol. The van der Waals surface area contributed by atoms with Crippen LogP contribution in [0.5, 0.6) is 0 Å². The summed E-state index contributed by atoms with van der Waals surface area (Å²) in [6, 6.07) is 6.28. The molecule has 0 saturated heterocycles. The SMILES string of the molecule is Cc1cc(C)cc(CC(=O)CC(C)CN)c1. The highest BCUT2D eigenvalue weighted by Gasteiger charge is 2.08. The first-order valence-electron chi connectivity index (χ1n) is 5.80. The molecule has 1 aromatic rings. The fourth-order valence-electron chi connectivity index (χ4n) is 1.94. The van der Waals surface area contributed by atoms with E-state index in [1.807, 2.05) is 6.92 Å². The predicted molar refractivity (Wildman–Crippen MR) is 67.5 cm³/mol. The molecule has 0 bridgehead atoms. The number of hydrogen-bond acceptors (Lipinski definition) is 2. The maximum Gasteiger partial charge on any atom is 0.137 e. The molecule has 0 heterocycles. The zero-order valence-corrected chi connectivity index (χ0v) is 10.4. The van der Waals surface area contributed by atoms with Crippen molar-refractivity contribution >= 4 is 5.78 Å². The maximum absolute atomic E-state index is 11.7. The Morgan fingerprint density at radius 2 is 1.81 bits per heavy atom. The summed E-state index contributed by atoms with van der Waals surface area (Å²) in [5.41, 5.74) is 9.06. The molecular formula is C14H21NO. The third-order valence-corrected chi connectivity index (χ3v) is 2.66. The van der Waals surface area contributed by atoms with Crippen molar-refractivity contribution < 1.29 is 4.79 Å². The molecule has 1 rings (SSSR count). The molecule has 0 fully saturated rings. The van der Waals surface area contributed by atoms with Crippen molar-refractivity contribution in [2.24, 2.45) is 11.7 Å². The molecular weight excluding hydrogens is 198 g/mol. The van der Waals surface area contributed by atoms with Crippen molar-refractivity contribution in [1.29, 1.82) is 0 Å². The second-order valence-electron chi connectivity index (χ2n) is 4.76. The van der Waals surface area contributed by atoms with Crippen LogP contribution in [0.15, 0.2) is 18.2 Å². The fourth-order valence-corrected chi connectivity index (χ4v) is 1.94. The number of ketones is 1. The highest BCUT2D eigenvalue weighted by molar-refractivity contribution is 5.81. The Morgan fingerprint density at radius 1 is 1.25 bits per heavy atom. The topological polar surface area (TPSA) is 43.1 Å². The number of rotatable bonds is 5. The van der Waals surface area contributed by atoms with E-state index in [-0.39, 0.29) is 5.78 Å². The lowest BCUT2D eigenvalue weighted by atomic mass is 9.98. The Bertz CT molecular complexity index is 351. The molecule has 2 nitrogen and oxygen atoms in total. The van der Waals surface area contributed by atoms with Gasteiger partial charge in [-0.1, -0.05) is 36.2 Å². The Kier molecular flexibility index (Phi) is 4.69. The highest BCUT2D eigenvalue weighted by Crippen LogP contribution is 2.11. The number of benzene rings is 1. The van der Waals surface area contributed by atoms with Crippen molar-refractivity contribution in [1.82, 2.24) is 0 Å². The van der Waals surface area contributed by atoms with Crippen molar-refractivity contribution in [3.8, 4) is 0 Å². The van der Waals surface area contributed by atoms with E-state index < -0.39 is 0 Å². The first kappa shape index (κ1) is 12.9. The highest BCUT2D eigenvalue weighted by atomic mass is 16.1. The number of carbonyl (C=O) groups excluding carboxylic acids is 1. The molecule has 1 atom stereocenters. The fraction of sp³-hybridized carbons (Fsp3) is 0.500. The third-order valence-electron chi connectivity index (χ3n) is 2.66. The average Bonchev–Trinajstić information content (AvgIpc) is 2.15. The van der Waals surface area contributed by atoms with Crippen LogP contribution in [0.3, 0.4) is 0 Å². The number of aryl methyl sites for hydroxylation is 2. The standard InChI is InChI=1S/C14H21NO/c1-10-4-11(2)6-13(5-10)8-14(16)7-12(3)9-15/h4-6,12H,7-9,15H2,1-3H3. The van der Waals surface area contributed by atoms with Gasteiger partial charge in [0.05, 0.1) is 0 Å². The van der Waals surface area contributed by atoms with Crippen LogP contribution in [0.4, 0.5) is 0 Å². The Hall–Kier alpha value is -1.15. The van der Waals surface area contributed by atoms with Gasteiger partial charge in [-0.2, -0.15) is 0 Å². The number of Topliss-reactive ketones (excluding diaryl/α,β-unsaturated/α-hetero) is 1. The number of carbonyl (C=O) groups is 1. The molecule has 0 aliphatic rings. The molecule has 1 aromatic carbocycles. The number of hydrogen-bond donors (Lipinski definition) is 1. The van der Waals surface area contributed by atoms with Crippen LogP contribution in [0.1, 0.15) is 30.0 Å². The van der Waals surface area contributed by atoms with E-state index in [1.54, 1.807) is 0 Å². The zero-order chi connectivity index (χ0) is 12.1. The minimum Gasteiger partial charge on any atom is -0.330 e. The molecule has 88 valence electrons. The lowest BCUT2D eigenvalue weighted by Gasteiger charge is -2.08. The van der Waals surface area contributed by atoms with Crippen LogP contribution in [0.2, 0.25) is 0 Å². The molecule has 2 N–H and O–H groups in total. The van der Waals surface area contributed by atoms with Gasteiger partial charge in [-0.05, 0) is 31.9 Å². The van der Waals surface area contributed by atoms with Crippen molar-refractivity contribution in [3.63, 3.8) is 0 Å². The minimum atomic E-state index is 0.281. The summed E-state index contributed by atoms with van der Waals surface area (Å²) in [6.07, 6.45) is 1.12. The van der Waals surface area contributed by atoms with E-state index in [1.165, 1.54) is 11.1 Å². The summed E-state index contributed by atoms with van der Waals surface area (Å²) >= 11 is 0. The molecule has 0 saturated carbocycles. The van der Waals surface area contributed by atoms with Gasteiger partial charge in [0.25, 0.3) is 0 Å². The van der Waals surface area contributed by atoms with Gasteiger partial charge in [0.1, 0.15) is 5.78 Å². The Balaban J connectivity index is 2.62. The van der Waals surface area contributed by atoms with Gasteiger partial charge in [0.2, 0.25) is 0 Å². The van der Waals surface area contributed by atoms with Crippen molar-refractivity contribution in [2.75, 3.05) is 6.54 Å². The smallest absolute Gasteiger partial charge is 0.137 e. The summed E-state index contributed by atoms with van der Waals surface area (Å²) in [7, 11) is 0.